The second kappa shape index (κ2) is 6.82. The van der Waals surface area contributed by atoms with Gasteiger partial charge in [0.15, 0.2) is 0 Å². The molecule has 4 N–H and O–H groups in total. The number of rotatable bonds is 6. The Labute approximate surface area is 78.3 Å². The zero-order valence-corrected chi connectivity index (χ0v) is 8.12. The van der Waals surface area contributed by atoms with E-state index >= 15 is 0 Å². The van der Waals surface area contributed by atoms with Gasteiger partial charge in [0.25, 0.3) is 0 Å². The average Bonchev–Trinajstić information content (AvgIpc) is 2.05. The van der Waals surface area contributed by atoms with Crippen LogP contribution in [0.1, 0.15) is 13.3 Å². The number of methoxy groups -OCH3 is 1. The second-order valence-electron chi connectivity index (χ2n) is 2.89. The maximum absolute atomic E-state index is 11.2. The van der Waals surface area contributed by atoms with Crippen LogP contribution in [-0.2, 0) is 9.53 Å². The van der Waals surface area contributed by atoms with Gasteiger partial charge in [-0.1, -0.05) is 0 Å². The molecular formula is C8H18N2O3. The molecule has 0 aliphatic rings. The predicted octanol–water partition coefficient (Wildman–Crippen LogP) is -1.15. The standard InChI is InChI=1S/C8H18N2O3/c1-6(11)3-4-10-8(12)7(5-9)13-2/h6-7,11H,3-5,9H2,1-2H3,(H,10,12). The van der Waals surface area contributed by atoms with Crippen molar-refractivity contribution in [3.63, 3.8) is 0 Å². The molecule has 2 atom stereocenters. The summed E-state index contributed by atoms with van der Waals surface area (Å²) < 4.78 is 4.82. The van der Waals surface area contributed by atoms with Crippen LogP contribution in [0.2, 0.25) is 0 Å². The number of hydrogen-bond acceptors (Lipinski definition) is 4. The number of ether oxygens (including phenoxy) is 1. The first-order chi connectivity index (χ1) is 6.11. The molecule has 0 saturated carbocycles. The van der Waals surface area contributed by atoms with Crippen LogP contribution in [0.4, 0.5) is 0 Å². The minimum atomic E-state index is -0.589. The molecule has 5 nitrogen and oxygen atoms in total. The Kier molecular flexibility index (Phi) is 6.48. The van der Waals surface area contributed by atoms with E-state index in [0.717, 1.165) is 0 Å². The molecule has 0 saturated heterocycles. The maximum Gasteiger partial charge on any atom is 0.250 e. The van der Waals surface area contributed by atoms with E-state index < -0.39 is 12.2 Å². The zero-order valence-electron chi connectivity index (χ0n) is 8.12. The van der Waals surface area contributed by atoms with Crippen LogP contribution in [0.15, 0.2) is 0 Å². The van der Waals surface area contributed by atoms with Crippen molar-refractivity contribution in [2.45, 2.75) is 25.6 Å². The van der Waals surface area contributed by atoms with Crippen molar-refractivity contribution < 1.29 is 14.6 Å². The van der Waals surface area contributed by atoms with Gasteiger partial charge in [-0.05, 0) is 13.3 Å². The molecule has 0 aliphatic carbocycles. The summed E-state index contributed by atoms with van der Waals surface area (Å²) in [5, 5.41) is 11.5. The fraction of sp³-hybridized carbons (Fsp3) is 0.875. The molecule has 0 fully saturated rings. The van der Waals surface area contributed by atoms with Crippen LogP contribution in [0.5, 0.6) is 0 Å². The Hall–Kier alpha value is -0.650. The first-order valence-electron chi connectivity index (χ1n) is 4.30. The van der Waals surface area contributed by atoms with Crippen LogP contribution in [-0.4, -0.2) is 43.4 Å². The van der Waals surface area contributed by atoms with E-state index in [9.17, 15) is 4.79 Å². The van der Waals surface area contributed by atoms with Gasteiger partial charge in [-0.15, -0.1) is 0 Å². The summed E-state index contributed by atoms with van der Waals surface area (Å²) in [5.41, 5.74) is 5.28. The van der Waals surface area contributed by atoms with Crippen molar-refractivity contribution in [3.8, 4) is 0 Å². The van der Waals surface area contributed by atoms with Crippen LogP contribution in [0.25, 0.3) is 0 Å². The molecule has 0 aromatic rings. The Morgan fingerprint density at radius 1 is 1.69 bits per heavy atom. The quantitative estimate of drug-likeness (QED) is 0.493. The van der Waals surface area contributed by atoms with Crippen molar-refractivity contribution in [2.24, 2.45) is 5.73 Å². The lowest BCUT2D eigenvalue weighted by Gasteiger charge is -2.13. The Morgan fingerprint density at radius 3 is 2.69 bits per heavy atom. The molecule has 1 amide bonds. The van der Waals surface area contributed by atoms with E-state index in [4.69, 9.17) is 15.6 Å². The van der Waals surface area contributed by atoms with Gasteiger partial charge in [0.1, 0.15) is 6.10 Å². The number of aliphatic hydroxyl groups is 1. The van der Waals surface area contributed by atoms with Gasteiger partial charge < -0.3 is 20.9 Å². The van der Waals surface area contributed by atoms with Crippen molar-refractivity contribution in [1.82, 2.24) is 5.32 Å². The molecule has 0 aliphatic heterocycles. The molecular weight excluding hydrogens is 172 g/mol. The fourth-order valence-corrected chi connectivity index (χ4v) is 0.828. The molecule has 0 rings (SSSR count). The molecule has 0 aromatic heterocycles. The van der Waals surface area contributed by atoms with Crippen molar-refractivity contribution in [3.05, 3.63) is 0 Å². The van der Waals surface area contributed by atoms with Crippen LogP contribution < -0.4 is 11.1 Å². The summed E-state index contributed by atoms with van der Waals surface area (Å²) in [4.78, 5) is 11.2. The van der Waals surface area contributed by atoms with Gasteiger partial charge in [-0.3, -0.25) is 4.79 Å². The summed E-state index contributed by atoms with van der Waals surface area (Å²) in [6.45, 7) is 2.27. The lowest BCUT2D eigenvalue weighted by Crippen LogP contribution is -2.41. The molecule has 78 valence electrons. The monoisotopic (exact) mass is 190 g/mol. The molecule has 0 spiro atoms. The topological polar surface area (TPSA) is 84.6 Å². The largest absolute Gasteiger partial charge is 0.393 e. The number of aliphatic hydroxyl groups excluding tert-OH is 1. The first kappa shape index (κ1) is 12.3. The normalized spacial score (nSPS) is 15.1. The predicted molar refractivity (Wildman–Crippen MR) is 49.2 cm³/mol. The number of nitrogens with one attached hydrogen (secondary N) is 1. The Morgan fingerprint density at radius 2 is 2.31 bits per heavy atom. The van der Waals surface area contributed by atoms with Gasteiger partial charge in [-0.25, -0.2) is 0 Å². The number of carbonyl (C=O) groups excluding carboxylic acids is 1. The Balaban J connectivity index is 3.60. The minimum absolute atomic E-state index is 0.164. The third-order valence-electron chi connectivity index (χ3n) is 1.65. The highest BCUT2D eigenvalue weighted by Gasteiger charge is 2.14. The van der Waals surface area contributed by atoms with E-state index in [2.05, 4.69) is 5.32 Å². The highest BCUT2D eigenvalue weighted by molar-refractivity contribution is 5.80. The van der Waals surface area contributed by atoms with E-state index in [0.29, 0.717) is 13.0 Å². The van der Waals surface area contributed by atoms with Crippen LogP contribution >= 0.6 is 0 Å². The summed E-state index contributed by atoms with van der Waals surface area (Å²) in [6.07, 6.45) is -0.458. The zero-order chi connectivity index (χ0) is 10.3. The number of hydrogen-bond donors (Lipinski definition) is 3. The Bertz CT molecular complexity index is 146. The second-order valence-corrected chi connectivity index (χ2v) is 2.89. The van der Waals surface area contributed by atoms with Gasteiger partial charge in [-0.2, -0.15) is 0 Å². The molecule has 0 radical (unpaired) electrons. The third kappa shape index (κ3) is 5.57. The molecule has 0 bridgehead atoms. The number of carbonyl (C=O) groups is 1. The van der Waals surface area contributed by atoms with E-state index in [1.54, 1.807) is 6.92 Å². The highest BCUT2D eigenvalue weighted by Crippen LogP contribution is 1.89. The van der Waals surface area contributed by atoms with Crippen molar-refractivity contribution >= 4 is 5.91 Å². The van der Waals surface area contributed by atoms with Crippen molar-refractivity contribution in [2.75, 3.05) is 20.2 Å². The lowest BCUT2D eigenvalue weighted by molar-refractivity contribution is -0.130. The summed E-state index contributed by atoms with van der Waals surface area (Å²) in [6, 6.07) is 0. The van der Waals surface area contributed by atoms with E-state index in [1.807, 2.05) is 0 Å². The lowest BCUT2D eigenvalue weighted by atomic mass is 10.2. The molecule has 0 aromatic carbocycles. The van der Waals surface area contributed by atoms with E-state index in [-0.39, 0.29) is 12.5 Å². The molecule has 0 heterocycles. The van der Waals surface area contributed by atoms with Gasteiger partial charge >= 0.3 is 0 Å². The fourth-order valence-electron chi connectivity index (χ4n) is 0.828. The SMILES string of the molecule is COC(CN)C(=O)NCCC(C)O. The molecule has 2 unspecified atom stereocenters. The van der Waals surface area contributed by atoms with E-state index in [1.165, 1.54) is 7.11 Å². The first-order valence-corrected chi connectivity index (χ1v) is 4.30. The third-order valence-corrected chi connectivity index (χ3v) is 1.65. The highest BCUT2D eigenvalue weighted by atomic mass is 16.5. The average molecular weight is 190 g/mol. The van der Waals surface area contributed by atoms with Gasteiger partial charge in [0.2, 0.25) is 5.91 Å². The van der Waals surface area contributed by atoms with Crippen molar-refractivity contribution in [1.29, 1.82) is 0 Å². The molecule has 5 heteroatoms. The summed E-state index contributed by atoms with van der Waals surface area (Å²) in [5.74, 6) is -0.231. The van der Waals surface area contributed by atoms with Crippen LogP contribution in [0, 0.1) is 0 Å². The summed E-state index contributed by atoms with van der Waals surface area (Å²) >= 11 is 0. The van der Waals surface area contributed by atoms with Gasteiger partial charge in [0.05, 0.1) is 6.10 Å². The minimum Gasteiger partial charge on any atom is -0.393 e. The molecule has 13 heavy (non-hydrogen) atoms. The number of amides is 1. The van der Waals surface area contributed by atoms with Crippen LogP contribution in [0.3, 0.4) is 0 Å². The number of nitrogens with two attached hydrogens (primary N) is 1. The van der Waals surface area contributed by atoms with Gasteiger partial charge in [0, 0.05) is 20.2 Å². The maximum atomic E-state index is 11.2. The smallest absolute Gasteiger partial charge is 0.250 e. The summed E-state index contributed by atoms with van der Waals surface area (Å²) in [7, 11) is 1.44.